The zero-order valence-corrected chi connectivity index (χ0v) is 13.5. The van der Waals surface area contributed by atoms with Crippen molar-refractivity contribution in [3.63, 3.8) is 0 Å². The van der Waals surface area contributed by atoms with Crippen LogP contribution >= 0.6 is 0 Å². The van der Waals surface area contributed by atoms with Crippen molar-refractivity contribution in [2.75, 3.05) is 23.9 Å². The van der Waals surface area contributed by atoms with Crippen LogP contribution in [0.15, 0.2) is 28.0 Å². The zero-order valence-electron chi connectivity index (χ0n) is 11.9. The topological polar surface area (TPSA) is 111 Å². The summed E-state index contributed by atoms with van der Waals surface area (Å²) in [5, 5.41) is 2.38. The molecule has 1 aliphatic rings. The summed E-state index contributed by atoms with van der Waals surface area (Å²) in [6.07, 6.45) is 0.686. The maximum absolute atomic E-state index is 12.1. The number of nitrogens with one attached hydrogen (secondary N) is 1. The molecule has 0 atom stereocenters. The Morgan fingerprint density at radius 2 is 2.00 bits per heavy atom. The highest BCUT2D eigenvalue weighted by atomic mass is 32.3. The van der Waals surface area contributed by atoms with Gasteiger partial charge in [-0.2, -0.15) is 8.42 Å². The van der Waals surface area contributed by atoms with Crippen LogP contribution in [0.1, 0.15) is 12.8 Å². The molecule has 0 spiro atoms. The Bertz CT molecular complexity index is 769. The van der Waals surface area contributed by atoms with Gasteiger partial charge >= 0.3 is 16.4 Å². The first-order valence-electron chi connectivity index (χ1n) is 6.45. The molecular formula is C12H16N2O6S2. The van der Waals surface area contributed by atoms with Crippen LogP contribution in [0.25, 0.3) is 0 Å². The first-order valence-corrected chi connectivity index (χ1v) is 9.67. The van der Waals surface area contributed by atoms with E-state index in [1.165, 1.54) is 31.4 Å². The molecule has 2 rings (SSSR count). The molecule has 1 heterocycles. The summed E-state index contributed by atoms with van der Waals surface area (Å²) in [7, 11) is -5.86. The molecule has 0 aromatic heterocycles. The molecule has 0 bridgehead atoms. The second-order valence-electron chi connectivity index (χ2n) is 4.62. The number of anilines is 1. The molecule has 10 heteroatoms. The van der Waals surface area contributed by atoms with Gasteiger partial charge in [-0.3, -0.25) is 5.32 Å². The van der Waals surface area contributed by atoms with Gasteiger partial charge in [-0.25, -0.2) is 9.00 Å². The summed E-state index contributed by atoms with van der Waals surface area (Å²) >= 11 is 0. The zero-order chi connectivity index (χ0) is 16.2. The third-order valence-corrected chi connectivity index (χ3v) is 6.94. The number of nitrogens with zero attached hydrogens (tertiary/aromatic N) is 1. The van der Waals surface area contributed by atoms with Gasteiger partial charge < -0.3 is 8.92 Å². The van der Waals surface area contributed by atoms with Gasteiger partial charge in [0.25, 0.3) is 0 Å². The van der Waals surface area contributed by atoms with Gasteiger partial charge in [-0.05, 0) is 25.0 Å². The van der Waals surface area contributed by atoms with Crippen LogP contribution in [-0.4, -0.2) is 37.3 Å². The third-order valence-electron chi connectivity index (χ3n) is 2.87. The van der Waals surface area contributed by atoms with Gasteiger partial charge in [0.15, 0.2) is 0 Å². The average Bonchev–Trinajstić information content (AvgIpc) is 2.83. The molecule has 1 aromatic rings. The lowest BCUT2D eigenvalue weighted by Gasteiger charge is -2.07. The lowest BCUT2D eigenvalue weighted by Crippen LogP contribution is -2.13. The minimum Gasteiger partial charge on any atom is -0.453 e. The van der Waals surface area contributed by atoms with Crippen LogP contribution in [0.3, 0.4) is 0 Å². The van der Waals surface area contributed by atoms with Crippen LogP contribution in [0.5, 0.6) is 5.75 Å². The minimum absolute atomic E-state index is 0.0429. The highest BCUT2D eigenvalue weighted by Gasteiger charge is 2.22. The number of methoxy groups -OCH3 is 1. The molecule has 1 amide bonds. The molecule has 8 nitrogen and oxygen atoms in total. The smallest absolute Gasteiger partial charge is 0.436 e. The molecule has 1 saturated heterocycles. The highest BCUT2D eigenvalue weighted by molar-refractivity contribution is 8.01. The number of hydrogen-bond donors (Lipinski definition) is 1. The average molecular weight is 348 g/mol. The van der Waals surface area contributed by atoms with Crippen LogP contribution in [0.4, 0.5) is 10.5 Å². The van der Waals surface area contributed by atoms with Crippen molar-refractivity contribution in [2.45, 2.75) is 12.8 Å². The second kappa shape index (κ2) is 6.53. The molecule has 122 valence electrons. The third kappa shape index (κ3) is 4.60. The summed E-state index contributed by atoms with van der Waals surface area (Å²) in [5.74, 6) is 0.484. The molecule has 0 unspecified atom stereocenters. The van der Waals surface area contributed by atoms with Crippen LogP contribution < -0.4 is 9.50 Å². The fraction of sp³-hybridized carbons (Fsp3) is 0.417. The first-order chi connectivity index (χ1) is 10.3. The monoisotopic (exact) mass is 348 g/mol. The van der Waals surface area contributed by atoms with Crippen molar-refractivity contribution < 1.29 is 26.3 Å². The lowest BCUT2D eigenvalue weighted by atomic mass is 10.3. The Balaban J connectivity index is 2.18. The largest absolute Gasteiger partial charge is 0.453 e. The van der Waals surface area contributed by atoms with E-state index in [1.54, 1.807) is 0 Å². The van der Waals surface area contributed by atoms with E-state index in [0.29, 0.717) is 18.5 Å². The molecular weight excluding hydrogens is 332 g/mol. The summed E-state index contributed by atoms with van der Waals surface area (Å²) in [6.45, 7) is 0. The van der Waals surface area contributed by atoms with Gasteiger partial charge in [0.2, 0.25) is 0 Å². The Morgan fingerprint density at radius 1 is 1.32 bits per heavy atom. The summed E-state index contributed by atoms with van der Waals surface area (Å²) < 4.78 is 48.5. The number of carbonyl (C=O) groups is 1. The Morgan fingerprint density at radius 3 is 2.64 bits per heavy atom. The lowest BCUT2D eigenvalue weighted by molar-refractivity contribution is 0.187. The molecule has 0 saturated carbocycles. The second-order valence-corrected chi connectivity index (χ2v) is 8.60. The fourth-order valence-corrected chi connectivity index (χ4v) is 5.84. The molecule has 22 heavy (non-hydrogen) atoms. The summed E-state index contributed by atoms with van der Waals surface area (Å²) in [4.78, 5) is 11.1. The number of benzene rings is 1. The SMILES string of the molecule is COC(=O)Nc1cccc(OS(=O)(=O)N=S2(=O)CCCC2)c1. The van der Waals surface area contributed by atoms with E-state index in [0.717, 1.165) is 0 Å². The molecule has 1 aliphatic heterocycles. The molecule has 1 fully saturated rings. The van der Waals surface area contributed by atoms with Gasteiger partial charge in [0, 0.05) is 23.3 Å². The quantitative estimate of drug-likeness (QED) is 0.887. The van der Waals surface area contributed by atoms with Gasteiger partial charge in [0.05, 0.1) is 16.8 Å². The van der Waals surface area contributed by atoms with E-state index in [-0.39, 0.29) is 17.3 Å². The van der Waals surface area contributed by atoms with E-state index in [9.17, 15) is 17.4 Å². The van der Waals surface area contributed by atoms with E-state index in [2.05, 4.69) is 13.8 Å². The fourth-order valence-electron chi connectivity index (χ4n) is 1.93. The maximum atomic E-state index is 12.1. The number of carbonyl (C=O) groups excluding carboxylic acids is 1. The molecule has 1 N–H and O–H groups in total. The Kier molecular flexibility index (Phi) is 4.91. The normalized spacial score (nSPS) is 16.8. The van der Waals surface area contributed by atoms with E-state index < -0.39 is 26.1 Å². The van der Waals surface area contributed by atoms with E-state index >= 15 is 0 Å². The van der Waals surface area contributed by atoms with Crippen molar-refractivity contribution in [3.05, 3.63) is 24.3 Å². The van der Waals surface area contributed by atoms with Crippen LogP contribution in [0, 0.1) is 0 Å². The van der Waals surface area contributed by atoms with Crippen LogP contribution in [0.2, 0.25) is 0 Å². The Hall–Kier alpha value is -1.81. The first kappa shape index (κ1) is 16.6. The predicted octanol–water partition coefficient (Wildman–Crippen LogP) is 1.75. The Labute approximate surface area is 129 Å². The number of rotatable bonds is 4. The van der Waals surface area contributed by atoms with Gasteiger partial charge in [-0.15, -0.1) is 0 Å². The summed E-state index contributed by atoms with van der Waals surface area (Å²) in [5.41, 5.74) is 0.296. The standard InChI is InChI=1S/C12H16N2O6S2/c1-19-12(15)13-10-5-4-6-11(9-10)20-22(17,18)14-21(16)7-2-3-8-21/h4-6,9H,2-3,7-8H2,1H3,(H,13,15). The molecule has 1 aromatic carbocycles. The van der Waals surface area contributed by atoms with Crippen molar-refractivity contribution in [2.24, 2.45) is 3.77 Å². The van der Waals surface area contributed by atoms with Crippen molar-refractivity contribution >= 4 is 31.8 Å². The predicted molar refractivity (Wildman–Crippen MR) is 81.6 cm³/mol. The van der Waals surface area contributed by atoms with Gasteiger partial charge in [-0.1, -0.05) is 9.83 Å². The maximum Gasteiger partial charge on any atom is 0.436 e. The minimum atomic E-state index is -4.32. The van der Waals surface area contributed by atoms with Crippen molar-refractivity contribution in [3.8, 4) is 5.75 Å². The highest BCUT2D eigenvalue weighted by Crippen LogP contribution is 2.21. The van der Waals surface area contributed by atoms with E-state index in [1.807, 2.05) is 0 Å². The van der Waals surface area contributed by atoms with Gasteiger partial charge in [0.1, 0.15) is 5.75 Å². The van der Waals surface area contributed by atoms with Crippen molar-refractivity contribution in [1.82, 2.24) is 0 Å². The number of hydrogen-bond acceptors (Lipinski definition) is 6. The number of amides is 1. The molecule has 0 radical (unpaired) electrons. The molecule has 0 aliphatic carbocycles. The number of ether oxygens (including phenoxy) is 1. The van der Waals surface area contributed by atoms with Crippen molar-refractivity contribution in [1.29, 1.82) is 0 Å². The summed E-state index contributed by atoms with van der Waals surface area (Å²) in [6, 6.07) is 5.71. The van der Waals surface area contributed by atoms with E-state index in [4.69, 9.17) is 4.18 Å². The van der Waals surface area contributed by atoms with Crippen LogP contribution in [-0.2, 0) is 24.8 Å².